The number of halogens is 3. The summed E-state index contributed by atoms with van der Waals surface area (Å²) in [5.41, 5.74) is 0. The SMILES string of the molecule is Brc1cc2c(c(Br)c1Br)Oc1ccccc1O2. The molecule has 0 amide bonds. The zero-order valence-electron chi connectivity index (χ0n) is 8.34. The molecule has 0 aromatic heterocycles. The number of hydrogen-bond acceptors (Lipinski definition) is 2. The van der Waals surface area contributed by atoms with Gasteiger partial charge in [0.15, 0.2) is 23.0 Å². The Morgan fingerprint density at radius 2 is 1.41 bits per heavy atom. The molecule has 0 atom stereocenters. The van der Waals surface area contributed by atoms with Crippen LogP contribution in [-0.4, -0.2) is 0 Å². The van der Waals surface area contributed by atoms with E-state index in [1.54, 1.807) is 0 Å². The average molecular weight is 421 g/mol. The molecule has 0 saturated carbocycles. The van der Waals surface area contributed by atoms with Gasteiger partial charge in [-0.15, -0.1) is 0 Å². The maximum absolute atomic E-state index is 5.82. The van der Waals surface area contributed by atoms with E-state index in [9.17, 15) is 0 Å². The monoisotopic (exact) mass is 418 g/mol. The fourth-order valence-corrected chi connectivity index (χ4v) is 3.03. The number of fused-ring (bicyclic) bond motifs is 2. The molecule has 1 aliphatic heterocycles. The Morgan fingerprint density at radius 3 is 2.12 bits per heavy atom. The van der Waals surface area contributed by atoms with Crippen LogP contribution >= 0.6 is 47.8 Å². The topological polar surface area (TPSA) is 18.5 Å². The van der Waals surface area contributed by atoms with Crippen LogP contribution in [0.1, 0.15) is 0 Å². The van der Waals surface area contributed by atoms with E-state index in [1.807, 2.05) is 30.3 Å². The van der Waals surface area contributed by atoms with Crippen LogP contribution in [-0.2, 0) is 0 Å². The van der Waals surface area contributed by atoms with Gasteiger partial charge < -0.3 is 9.47 Å². The summed E-state index contributed by atoms with van der Waals surface area (Å²) in [5.74, 6) is 2.81. The number of hydrogen-bond donors (Lipinski definition) is 0. The van der Waals surface area contributed by atoms with Gasteiger partial charge in [-0.3, -0.25) is 0 Å². The van der Waals surface area contributed by atoms with Gasteiger partial charge in [-0.25, -0.2) is 0 Å². The summed E-state index contributed by atoms with van der Waals surface area (Å²) in [7, 11) is 0. The third-order valence-corrected chi connectivity index (χ3v) is 5.63. The van der Waals surface area contributed by atoms with Crippen LogP contribution in [0.5, 0.6) is 23.0 Å². The minimum absolute atomic E-state index is 0.679. The van der Waals surface area contributed by atoms with E-state index in [0.29, 0.717) is 11.5 Å². The fraction of sp³-hybridized carbons (Fsp3) is 0. The second kappa shape index (κ2) is 4.30. The number of benzene rings is 2. The molecule has 17 heavy (non-hydrogen) atoms. The molecule has 1 aliphatic rings. The van der Waals surface area contributed by atoms with E-state index in [2.05, 4.69) is 47.8 Å². The molecule has 0 N–H and O–H groups in total. The molecule has 0 fully saturated rings. The van der Waals surface area contributed by atoms with Gasteiger partial charge >= 0.3 is 0 Å². The van der Waals surface area contributed by atoms with Gasteiger partial charge in [-0.05, 0) is 59.9 Å². The number of rotatable bonds is 0. The first-order valence-corrected chi connectivity index (χ1v) is 7.17. The molecule has 0 bridgehead atoms. The number of para-hydroxylation sites is 2. The van der Waals surface area contributed by atoms with Crippen molar-refractivity contribution >= 4 is 47.8 Å². The van der Waals surface area contributed by atoms with Gasteiger partial charge in [-0.2, -0.15) is 0 Å². The molecule has 2 nitrogen and oxygen atoms in total. The maximum Gasteiger partial charge on any atom is 0.185 e. The molecule has 5 heteroatoms. The Labute approximate surface area is 123 Å². The molecule has 0 radical (unpaired) electrons. The molecule has 1 heterocycles. The number of ether oxygens (including phenoxy) is 2. The summed E-state index contributed by atoms with van der Waals surface area (Å²) in [6, 6.07) is 9.45. The van der Waals surface area contributed by atoms with Crippen LogP contribution in [0.3, 0.4) is 0 Å². The van der Waals surface area contributed by atoms with Gasteiger partial charge in [0.25, 0.3) is 0 Å². The van der Waals surface area contributed by atoms with Gasteiger partial charge in [-0.1, -0.05) is 12.1 Å². The van der Waals surface area contributed by atoms with Crippen LogP contribution in [0.25, 0.3) is 0 Å². The van der Waals surface area contributed by atoms with E-state index in [4.69, 9.17) is 9.47 Å². The molecule has 0 aliphatic carbocycles. The minimum atomic E-state index is 0.679. The summed E-state index contributed by atoms with van der Waals surface area (Å²) in [6.07, 6.45) is 0. The Kier molecular flexibility index (Phi) is 2.92. The lowest BCUT2D eigenvalue weighted by molar-refractivity contribution is 0.357. The van der Waals surface area contributed by atoms with Crippen LogP contribution in [0, 0.1) is 0 Å². The normalized spacial score (nSPS) is 12.2. The molecular formula is C12H5Br3O2. The van der Waals surface area contributed by atoms with Crippen molar-refractivity contribution in [2.75, 3.05) is 0 Å². The van der Waals surface area contributed by atoms with Gasteiger partial charge in [0.1, 0.15) is 0 Å². The largest absolute Gasteiger partial charge is 0.449 e. The summed E-state index contributed by atoms with van der Waals surface area (Å²) < 4.78 is 14.3. The zero-order valence-corrected chi connectivity index (χ0v) is 13.1. The highest BCUT2D eigenvalue weighted by molar-refractivity contribution is 9.14. The molecule has 3 rings (SSSR count). The van der Waals surface area contributed by atoms with Gasteiger partial charge in [0, 0.05) is 15.0 Å². The predicted octanol–water partition coefficient (Wildman–Crippen LogP) is 5.87. The van der Waals surface area contributed by atoms with Crippen LogP contribution < -0.4 is 9.47 Å². The van der Waals surface area contributed by atoms with Crippen molar-refractivity contribution in [3.8, 4) is 23.0 Å². The minimum Gasteiger partial charge on any atom is -0.449 e. The van der Waals surface area contributed by atoms with Crippen LogP contribution in [0.15, 0.2) is 43.7 Å². The second-order valence-corrected chi connectivity index (χ2v) is 5.90. The molecule has 0 saturated heterocycles. The summed E-state index contributed by atoms with van der Waals surface area (Å²) in [6.45, 7) is 0. The maximum atomic E-state index is 5.82. The Bertz CT molecular complexity index is 611. The summed E-state index contributed by atoms with van der Waals surface area (Å²) >= 11 is 10.4. The van der Waals surface area contributed by atoms with Crippen molar-refractivity contribution in [1.82, 2.24) is 0 Å². The molecular weight excluding hydrogens is 416 g/mol. The van der Waals surface area contributed by atoms with Crippen molar-refractivity contribution in [2.45, 2.75) is 0 Å². The summed E-state index contributed by atoms with van der Waals surface area (Å²) in [4.78, 5) is 0. The van der Waals surface area contributed by atoms with E-state index in [-0.39, 0.29) is 0 Å². The lowest BCUT2D eigenvalue weighted by atomic mass is 10.2. The Balaban J connectivity index is 2.18. The lowest BCUT2D eigenvalue weighted by Crippen LogP contribution is -1.99. The standard InChI is InChI=1S/C12H5Br3O2/c13-6-5-9-12(11(15)10(6)14)17-8-4-2-1-3-7(8)16-9/h1-5H. The first-order chi connectivity index (χ1) is 8.16. The first kappa shape index (κ1) is 11.6. The predicted molar refractivity (Wildman–Crippen MR) is 76.1 cm³/mol. The van der Waals surface area contributed by atoms with Gasteiger partial charge in [0.2, 0.25) is 0 Å². The van der Waals surface area contributed by atoms with E-state index >= 15 is 0 Å². The zero-order chi connectivity index (χ0) is 12.0. The van der Waals surface area contributed by atoms with Crippen molar-refractivity contribution in [2.24, 2.45) is 0 Å². The molecule has 2 aromatic rings. The van der Waals surface area contributed by atoms with Crippen molar-refractivity contribution in [3.63, 3.8) is 0 Å². The van der Waals surface area contributed by atoms with Gasteiger partial charge in [0.05, 0.1) is 4.47 Å². The Morgan fingerprint density at radius 1 is 0.765 bits per heavy atom. The van der Waals surface area contributed by atoms with Crippen LogP contribution in [0.2, 0.25) is 0 Å². The lowest BCUT2D eigenvalue weighted by Gasteiger charge is -2.22. The summed E-state index contributed by atoms with van der Waals surface area (Å²) in [5, 5.41) is 0. The smallest absolute Gasteiger partial charge is 0.185 e. The third-order valence-electron chi connectivity index (χ3n) is 2.36. The van der Waals surface area contributed by atoms with Crippen LogP contribution in [0.4, 0.5) is 0 Å². The highest BCUT2D eigenvalue weighted by Gasteiger charge is 2.23. The molecule has 0 unspecified atom stereocenters. The van der Waals surface area contributed by atoms with E-state index in [1.165, 1.54) is 0 Å². The highest BCUT2D eigenvalue weighted by atomic mass is 79.9. The molecule has 86 valence electrons. The third kappa shape index (κ3) is 1.90. The van der Waals surface area contributed by atoms with Crippen molar-refractivity contribution in [1.29, 1.82) is 0 Å². The first-order valence-electron chi connectivity index (χ1n) is 4.79. The second-order valence-electron chi connectivity index (χ2n) is 3.46. The van der Waals surface area contributed by atoms with E-state index in [0.717, 1.165) is 24.9 Å². The van der Waals surface area contributed by atoms with Crippen molar-refractivity contribution in [3.05, 3.63) is 43.7 Å². The molecule has 0 spiro atoms. The average Bonchev–Trinajstić information content (AvgIpc) is 2.34. The fourth-order valence-electron chi connectivity index (χ4n) is 1.57. The Hall–Kier alpha value is -0.520. The highest BCUT2D eigenvalue weighted by Crippen LogP contribution is 2.52. The molecule has 2 aromatic carbocycles. The van der Waals surface area contributed by atoms with E-state index < -0.39 is 0 Å². The van der Waals surface area contributed by atoms with Crippen molar-refractivity contribution < 1.29 is 9.47 Å². The quantitative estimate of drug-likeness (QED) is 0.423.